The monoisotopic (exact) mass is 265 g/mol. The smallest absolute Gasteiger partial charge is 0.306 e. The molecule has 2 atom stereocenters. The highest BCUT2D eigenvalue weighted by Gasteiger charge is 2.28. The normalized spacial score (nSPS) is 23.1. The van der Waals surface area contributed by atoms with Crippen LogP contribution >= 0.6 is 0 Å². The van der Waals surface area contributed by atoms with Gasteiger partial charge in [0.15, 0.2) is 0 Å². The Hall–Kier alpha value is -1.62. The quantitative estimate of drug-likeness (QED) is 0.869. The Balaban J connectivity index is 2.06. The van der Waals surface area contributed by atoms with Gasteiger partial charge in [-0.05, 0) is 44.7 Å². The van der Waals surface area contributed by atoms with Crippen LogP contribution in [0.2, 0.25) is 0 Å². The minimum absolute atomic E-state index is 0.107. The van der Waals surface area contributed by atoms with Crippen molar-refractivity contribution >= 4 is 5.97 Å². The number of hydrogen-bond donors (Lipinski definition) is 2. The van der Waals surface area contributed by atoms with E-state index in [0.717, 1.165) is 18.5 Å². The van der Waals surface area contributed by atoms with Crippen molar-refractivity contribution in [2.75, 3.05) is 0 Å². The van der Waals surface area contributed by atoms with Gasteiger partial charge in [-0.1, -0.05) is 0 Å². The number of aryl methyl sites for hydroxylation is 1. The average Bonchev–Trinajstić information content (AvgIpc) is 2.41. The number of carboxylic acids is 1. The van der Waals surface area contributed by atoms with Crippen molar-refractivity contribution in [3.8, 4) is 5.75 Å². The van der Waals surface area contributed by atoms with E-state index in [4.69, 9.17) is 9.84 Å². The summed E-state index contributed by atoms with van der Waals surface area (Å²) >= 11 is 0. The topological polar surface area (TPSA) is 79.7 Å². The number of hydrogen-bond acceptors (Lipinski definition) is 4. The molecule has 1 heterocycles. The number of aliphatic hydroxyl groups is 1. The minimum Gasteiger partial charge on any atom is -0.488 e. The molecule has 1 fully saturated rings. The molecule has 19 heavy (non-hydrogen) atoms. The van der Waals surface area contributed by atoms with Crippen molar-refractivity contribution < 1.29 is 19.7 Å². The number of rotatable bonds is 4. The van der Waals surface area contributed by atoms with Crippen LogP contribution in [-0.4, -0.2) is 27.3 Å². The fraction of sp³-hybridized carbons (Fsp3) is 0.571. The Morgan fingerprint density at radius 3 is 2.95 bits per heavy atom. The number of nitrogens with zero attached hydrogens (tertiary/aromatic N) is 1. The summed E-state index contributed by atoms with van der Waals surface area (Å²) in [6.07, 6.45) is 2.84. The summed E-state index contributed by atoms with van der Waals surface area (Å²) in [4.78, 5) is 15.2. The first-order chi connectivity index (χ1) is 9.10. The van der Waals surface area contributed by atoms with Gasteiger partial charge in [-0.2, -0.15) is 0 Å². The van der Waals surface area contributed by atoms with Gasteiger partial charge in [0.1, 0.15) is 11.4 Å². The van der Waals surface area contributed by atoms with Crippen LogP contribution in [-0.2, 0) is 11.4 Å². The fourth-order valence-corrected chi connectivity index (χ4v) is 2.47. The highest BCUT2D eigenvalue weighted by molar-refractivity contribution is 5.70. The van der Waals surface area contributed by atoms with Gasteiger partial charge in [0.05, 0.1) is 18.6 Å². The van der Waals surface area contributed by atoms with E-state index in [9.17, 15) is 9.90 Å². The van der Waals surface area contributed by atoms with E-state index in [1.807, 2.05) is 13.0 Å². The molecule has 1 saturated carbocycles. The molecule has 1 aliphatic rings. The van der Waals surface area contributed by atoms with Crippen molar-refractivity contribution in [2.24, 2.45) is 5.92 Å². The van der Waals surface area contributed by atoms with Crippen LogP contribution in [0, 0.1) is 12.8 Å². The van der Waals surface area contributed by atoms with E-state index in [-0.39, 0.29) is 18.6 Å². The van der Waals surface area contributed by atoms with E-state index in [2.05, 4.69) is 4.98 Å². The highest BCUT2D eigenvalue weighted by Crippen LogP contribution is 2.29. The van der Waals surface area contributed by atoms with E-state index >= 15 is 0 Å². The molecule has 1 aromatic rings. The molecule has 5 heteroatoms. The van der Waals surface area contributed by atoms with E-state index < -0.39 is 5.97 Å². The molecule has 104 valence electrons. The summed E-state index contributed by atoms with van der Waals surface area (Å²) in [6.45, 7) is 1.68. The Morgan fingerprint density at radius 2 is 2.26 bits per heavy atom. The van der Waals surface area contributed by atoms with Crippen LogP contribution in [0.5, 0.6) is 5.75 Å². The largest absolute Gasteiger partial charge is 0.488 e. The molecular formula is C14H19NO4. The number of ether oxygens (including phenoxy) is 1. The van der Waals surface area contributed by atoms with Gasteiger partial charge in [-0.15, -0.1) is 0 Å². The second-order valence-corrected chi connectivity index (χ2v) is 5.00. The van der Waals surface area contributed by atoms with Crippen LogP contribution in [0.15, 0.2) is 12.1 Å². The molecule has 0 amide bonds. The lowest BCUT2D eigenvalue weighted by Crippen LogP contribution is -2.29. The van der Waals surface area contributed by atoms with E-state index in [1.54, 1.807) is 6.07 Å². The van der Waals surface area contributed by atoms with Crippen molar-refractivity contribution in [3.63, 3.8) is 0 Å². The molecule has 0 aliphatic heterocycles. The maximum absolute atomic E-state index is 11.0. The van der Waals surface area contributed by atoms with Crippen LogP contribution in [0.1, 0.15) is 37.1 Å². The van der Waals surface area contributed by atoms with Gasteiger partial charge < -0.3 is 14.9 Å². The lowest BCUT2D eigenvalue weighted by molar-refractivity contribution is -0.143. The van der Waals surface area contributed by atoms with Crippen LogP contribution in [0.3, 0.4) is 0 Å². The number of carbonyl (C=O) groups is 1. The first-order valence-corrected chi connectivity index (χ1v) is 6.57. The second-order valence-electron chi connectivity index (χ2n) is 5.00. The van der Waals surface area contributed by atoms with Gasteiger partial charge in [0.2, 0.25) is 0 Å². The Bertz CT molecular complexity index is 461. The molecule has 0 radical (unpaired) electrons. The number of pyridine rings is 1. The summed E-state index contributed by atoms with van der Waals surface area (Å²) in [6, 6.07) is 3.62. The van der Waals surface area contributed by atoms with Gasteiger partial charge in [0, 0.05) is 5.69 Å². The fourth-order valence-electron chi connectivity index (χ4n) is 2.47. The van der Waals surface area contributed by atoms with Gasteiger partial charge in [-0.3, -0.25) is 9.78 Å². The SMILES string of the molecule is Cc1ccc(O[C@H]2CCC[C@H](C(=O)O)C2)c(CO)n1. The van der Waals surface area contributed by atoms with E-state index in [0.29, 0.717) is 24.3 Å². The Kier molecular flexibility index (Phi) is 4.37. The summed E-state index contributed by atoms with van der Waals surface area (Å²) in [7, 11) is 0. The zero-order valence-electron chi connectivity index (χ0n) is 11.0. The molecular weight excluding hydrogens is 246 g/mol. The molecule has 0 aromatic carbocycles. The zero-order chi connectivity index (χ0) is 13.8. The highest BCUT2D eigenvalue weighted by atomic mass is 16.5. The lowest BCUT2D eigenvalue weighted by Gasteiger charge is -2.27. The molecule has 0 saturated heterocycles. The third-order valence-electron chi connectivity index (χ3n) is 3.49. The van der Waals surface area contributed by atoms with Crippen LogP contribution in [0.25, 0.3) is 0 Å². The average molecular weight is 265 g/mol. The third-order valence-corrected chi connectivity index (χ3v) is 3.49. The Labute approximate surface area is 112 Å². The molecule has 2 N–H and O–H groups in total. The maximum atomic E-state index is 11.0. The van der Waals surface area contributed by atoms with Gasteiger partial charge in [0.25, 0.3) is 0 Å². The minimum atomic E-state index is -0.752. The number of aliphatic hydroxyl groups excluding tert-OH is 1. The van der Waals surface area contributed by atoms with Gasteiger partial charge >= 0.3 is 5.97 Å². The first-order valence-electron chi connectivity index (χ1n) is 6.57. The lowest BCUT2D eigenvalue weighted by atomic mass is 9.87. The summed E-state index contributed by atoms with van der Waals surface area (Å²) in [5, 5.41) is 18.3. The number of carboxylic acid groups (broad SMARTS) is 1. The second kappa shape index (κ2) is 6.02. The standard InChI is InChI=1S/C14H19NO4/c1-9-5-6-13(12(8-16)15-9)19-11-4-2-3-10(7-11)14(17)18/h5-6,10-11,16H,2-4,7-8H2,1H3,(H,17,18)/t10-,11-/m0/s1. The van der Waals surface area contributed by atoms with Crippen LogP contribution < -0.4 is 4.74 Å². The predicted octanol–water partition coefficient (Wildman–Crippen LogP) is 1.90. The van der Waals surface area contributed by atoms with Crippen LogP contribution in [0.4, 0.5) is 0 Å². The predicted molar refractivity (Wildman–Crippen MR) is 68.9 cm³/mol. The molecule has 1 aliphatic carbocycles. The van der Waals surface area contributed by atoms with Gasteiger partial charge in [-0.25, -0.2) is 0 Å². The zero-order valence-corrected chi connectivity index (χ0v) is 11.0. The van der Waals surface area contributed by atoms with Crippen molar-refractivity contribution in [3.05, 3.63) is 23.5 Å². The summed E-state index contributed by atoms with van der Waals surface area (Å²) in [5.74, 6) is -0.517. The van der Waals surface area contributed by atoms with Crippen molar-refractivity contribution in [1.29, 1.82) is 0 Å². The first kappa shape index (κ1) is 13.8. The Morgan fingerprint density at radius 1 is 1.47 bits per heavy atom. The molecule has 0 bridgehead atoms. The van der Waals surface area contributed by atoms with Crippen molar-refractivity contribution in [2.45, 2.75) is 45.3 Å². The third kappa shape index (κ3) is 3.44. The number of aromatic nitrogens is 1. The molecule has 0 spiro atoms. The summed E-state index contributed by atoms with van der Waals surface area (Å²) in [5.41, 5.74) is 1.33. The maximum Gasteiger partial charge on any atom is 0.306 e. The van der Waals surface area contributed by atoms with E-state index in [1.165, 1.54) is 0 Å². The molecule has 1 aromatic heterocycles. The summed E-state index contributed by atoms with van der Waals surface area (Å²) < 4.78 is 5.83. The number of aliphatic carboxylic acids is 1. The van der Waals surface area contributed by atoms with Crippen molar-refractivity contribution in [1.82, 2.24) is 4.98 Å². The molecule has 0 unspecified atom stereocenters. The molecule has 5 nitrogen and oxygen atoms in total. The molecule has 2 rings (SSSR count).